The lowest BCUT2D eigenvalue weighted by molar-refractivity contribution is 0.105. The lowest BCUT2D eigenvalue weighted by Gasteiger charge is -2.21. The predicted molar refractivity (Wildman–Crippen MR) is 54.0 cm³/mol. The zero-order chi connectivity index (χ0) is 10.8. The number of carbonyl (C=O) groups excluding carboxylic acids is 1. The lowest BCUT2D eigenvalue weighted by Crippen LogP contribution is -2.37. The molecule has 0 N–H and O–H groups in total. The van der Waals surface area contributed by atoms with Crippen molar-refractivity contribution < 1.29 is 9.53 Å². The summed E-state index contributed by atoms with van der Waals surface area (Å²) in [5.74, 6) is 0.915. The maximum atomic E-state index is 11.6. The van der Waals surface area contributed by atoms with Gasteiger partial charge in [-0.2, -0.15) is 5.26 Å². The van der Waals surface area contributed by atoms with Crippen molar-refractivity contribution in [2.75, 3.05) is 13.2 Å². The summed E-state index contributed by atoms with van der Waals surface area (Å²) < 4.78 is 4.96. The quantitative estimate of drug-likeness (QED) is 0.659. The standard InChI is InChI=1S/C11H16N2O2/c1-2-15-11(14)13-7-8-4-3-5-9(8)10(13)6-12/h8-10H,2-5,7H2,1H3/t8-,9-,10-/m0/s1. The second-order valence-electron chi connectivity index (χ2n) is 4.28. The highest BCUT2D eigenvalue weighted by molar-refractivity contribution is 5.69. The SMILES string of the molecule is CCOC(=O)N1C[C@@H]2CCC[C@@H]2[C@@H]1C#N. The molecule has 82 valence electrons. The smallest absolute Gasteiger partial charge is 0.410 e. The molecule has 1 heterocycles. The summed E-state index contributed by atoms with van der Waals surface area (Å²) in [5.41, 5.74) is 0. The number of nitriles is 1. The fourth-order valence-electron chi connectivity index (χ4n) is 2.87. The minimum atomic E-state index is -0.321. The molecule has 1 aliphatic heterocycles. The van der Waals surface area contributed by atoms with E-state index in [9.17, 15) is 4.79 Å². The van der Waals surface area contributed by atoms with E-state index in [0.717, 1.165) is 12.8 Å². The Kier molecular flexibility index (Phi) is 2.81. The zero-order valence-corrected chi connectivity index (χ0v) is 8.98. The van der Waals surface area contributed by atoms with Crippen molar-refractivity contribution in [3.63, 3.8) is 0 Å². The number of carbonyl (C=O) groups is 1. The molecule has 3 atom stereocenters. The topological polar surface area (TPSA) is 53.3 Å². The molecule has 0 aromatic rings. The van der Waals surface area contributed by atoms with E-state index < -0.39 is 0 Å². The van der Waals surface area contributed by atoms with E-state index in [1.165, 1.54) is 6.42 Å². The molecule has 1 aliphatic carbocycles. The summed E-state index contributed by atoms with van der Waals surface area (Å²) in [6.07, 6.45) is 3.11. The second kappa shape index (κ2) is 4.09. The summed E-state index contributed by atoms with van der Waals surface area (Å²) in [4.78, 5) is 13.2. The highest BCUT2D eigenvalue weighted by Crippen LogP contribution is 2.41. The Morgan fingerprint density at radius 3 is 3.07 bits per heavy atom. The van der Waals surface area contributed by atoms with Crippen molar-refractivity contribution in [1.82, 2.24) is 4.90 Å². The second-order valence-corrected chi connectivity index (χ2v) is 4.28. The van der Waals surface area contributed by atoms with Gasteiger partial charge in [0.15, 0.2) is 0 Å². The molecule has 1 saturated carbocycles. The minimum Gasteiger partial charge on any atom is -0.450 e. The van der Waals surface area contributed by atoms with Gasteiger partial charge < -0.3 is 4.74 Å². The molecule has 0 spiro atoms. The summed E-state index contributed by atoms with van der Waals surface area (Å²) >= 11 is 0. The molecular formula is C11H16N2O2. The largest absolute Gasteiger partial charge is 0.450 e. The van der Waals surface area contributed by atoms with Crippen LogP contribution in [0.2, 0.25) is 0 Å². The van der Waals surface area contributed by atoms with Gasteiger partial charge in [0.25, 0.3) is 0 Å². The van der Waals surface area contributed by atoms with Crippen molar-refractivity contribution in [1.29, 1.82) is 5.26 Å². The molecular weight excluding hydrogens is 192 g/mol. The van der Waals surface area contributed by atoms with Crippen molar-refractivity contribution in [2.45, 2.75) is 32.2 Å². The van der Waals surface area contributed by atoms with Crippen LogP contribution in [0.1, 0.15) is 26.2 Å². The Labute approximate surface area is 89.8 Å². The Morgan fingerprint density at radius 2 is 2.40 bits per heavy atom. The summed E-state index contributed by atoms with van der Waals surface area (Å²) in [6.45, 7) is 2.88. The van der Waals surface area contributed by atoms with Crippen LogP contribution in [0.15, 0.2) is 0 Å². The Balaban J connectivity index is 2.08. The van der Waals surface area contributed by atoms with Crippen molar-refractivity contribution in [3.8, 4) is 6.07 Å². The number of likely N-dealkylation sites (tertiary alicyclic amines) is 1. The van der Waals surface area contributed by atoms with Crippen LogP contribution in [0, 0.1) is 23.2 Å². The first-order chi connectivity index (χ1) is 7.27. The monoisotopic (exact) mass is 208 g/mol. The molecule has 0 radical (unpaired) electrons. The molecule has 2 aliphatic rings. The predicted octanol–water partition coefficient (Wildman–Crippen LogP) is 1.77. The normalized spacial score (nSPS) is 33.6. The Morgan fingerprint density at radius 1 is 1.60 bits per heavy atom. The summed E-state index contributed by atoms with van der Waals surface area (Å²) in [6, 6.07) is 2.00. The fourth-order valence-corrected chi connectivity index (χ4v) is 2.87. The van der Waals surface area contributed by atoms with Crippen LogP contribution in [0.5, 0.6) is 0 Å². The molecule has 2 fully saturated rings. The van der Waals surface area contributed by atoms with Crippen molar-refractivity contribution >= 4 is 6.09 Å². The molecule has 4 nitrogen and oxygen atoms in total. The minimum absolute atomic E-state index is 0.253. The molecule has 0 unspecified atom stereocenters. The van der Waals surface area contributed by atoms with E-state index in [-0.39, 0.29) is 12.1 Å². The number of rotatable bonds is 1. The highest BCUT2D eigenvalue weighted by atomic mass is 16.6. The van der Waals surface area contributed by atoms with Gasteiger partial charge in [-0.05, 0) is 31.6 Å². The number of hydrogen-bond donors (Lipinski definition) is 0. The summed E-state index contributed by atoms with van der Waals surface area (Å²) in [7, 11) is 0. The number of nitrogens with zero attached hydrogens (tertiary/aromatic N) is 2. The molecule has 15 heavy (non-hydrogen) atoms. The molecule has 2 rings (SSSR count). The van der Waals surface area contributed by atoms with Crippen LogP contribution in [-0.2, 0) is 4.74 Å². The lowest BCUT2D eigenvalue weighted by atomic mass is 9.95. The maximum Gasteiger partial charge on any atom is 0.410 e. The average Bonchev–Trinajstić information content (AvgIpc) is 2.76. The van der Waals surface area contributed by atoms with Gasteiger partial charge in [-0.3, -0.25) is 4.90 Å². The first kappa shape index (κ1) is 10.3. The van der Waals surface area contributed by atoms with Gasteiger partial charge in [-0.1, -0.05) is 6.42 Å². The first-order valence-electron chi connectivity index (χ1n) is 5.61. The van der Waals surface area contributed by atoms with Gasteiger partial charge >= 0.3 is 6.09 Å². The maximum absolute atomic E-state index is 11.6. The number of ether oxygens (including phenoxy) is 1. The van der Waals surface area contributed by atoms with E-state index in [0.29, 0.717) is 25.0 Å². The van der Waals surface area contributed by atoms with Crippen LogP contribution in [0.3, 0.4) is 0 Å². The van der Waals surface area contributed by atoms with Gasteiger partial charge in [0.1, 0.15) is 6.04 Å². The van der Waals surface area contributed by atoms with Gasteiger partial charge in [0.2, 0.25) is 0 Å². The molecule has 0 aromatic carbocycles. The third kappa shape index (κ3) is 1.67. The zero-order valence-electron chi connectivity index (χ0n) is 8.98. The van der Waals surface area contributed by atoms with E-state index in [1.807, 2.05) is 0 Å². The Hall–Kier alpha value is -1.24. The molecule has 1 amide bonds. The van der Waals surface area contributed by atoms with Crippen molar-refractivity contribution in [2.24, 2.45) is 11.8 Å². The van der Waals surface area contributed by atoms with E-state index in [2.05, 4.69) is 6.07 Å². The third-order valence-corrected chi connectivity index (χ3v) is 3.53. The number of amides is 1. The molecule has 4 heteroatoms. The Bertz CT molecular complexity index is 297. The van der Waals surface area contributed by atoms with E-state index >= 15 is 0 Å². The van der Waals surface area contributed by atoms with Crippen LogP contribution >= 0.6 is 0 Å². The third-order valence-electron chi connectivity index (χ3n) is 3.53. The molecule has 0 bridgehead atoms. The van der Waals surface area contributed by atoms with Crippen molar-refractivity contribution in [3.05, 3.63) is 0 Å². The first-order valence-corrected chi connectivity index (χ1v) is 5.61. The average molecular weight is 208 g/mol. The van der Waals surface area contributed by atoms with E-state index in [1.54, 1.807) is 11.8 Å². The fraction of sp³-hybridized carbons (Fsp3) is 0.818. The highest BCUT2D eigenvalue weighted by Gasteiger charge is 2.46. The van der Waals surface area contributed by atoms with Gasteiger partial charge in [-0.25, -0.2) is 4.79 Å². The van der Waals surface area contributed by atoms with E-state index in [4.69, 9.17) is 10.00 Å². The van der Waals surface area contributed by atoms with Crippen LogP contribution in [-0.4, -0.2) is 30.2 Å². The van der Waals surface area contributed by atoms with Gasteiger partial charge in [0.05, 0.1) is 12.7 Å². The molecule has 1 saturated heterocycles. The molecule has 0 aromatic heterocycles. The van der Waals surface area contributed by atoms with Gasteiger partial charge in [0, 0.05) is 6.54 Å². The summed E-state index contributed by atoms with van der Waals surface area (Å²) in [5, 5.41) is 9.10. The number of fused-ring (bicyclic) bond motifs is 1. The number of hydrogen-bond acceptors (Lipinski definition) is 3. The van der Waals surface area contributed by atoms with Crippen LogP contribution in [0.25, 0.3) is 0 Å². The van der Waals surface area contributed by atoms with Gasteiger partial charge in [-0.15, -0.1) is 0 Å². The van der Waals surface area contributed by atoms with Crippen LogP contribution < -0.4 is 0 Å². The van der Waals surface area contributed by atoms with Crippen LogP contribution in [0.4, 0.5) is 4.79 Å².